The van der Waals surface area contributed by atoms with Crippen LogP contribution in [0.25, 0.3) is 0 Å². The molecule has 17 heavy (non-hydrogen) atoms. The molecule has 2 fully saturated rings. The zero-order chi connectivity index (χ0) is 12.1. The molecule has 0 spiro atoms. The minimum atomic E-state index is -0.0620. The summed E-state index contributed by atoms with van der Waals surface area (Å²) in [7, 11) is 0. The Balaban J connectivity index is 1.58. The Bertz CT molecular complexity index is 423. The maximum atomic E-state index is 5.76. The van der Waals surface area contributed by atoms with Crippen LogP contribution in [0.1, 0.15) is 44.8 Å². The third-order valence-corrected chi connectivity index (χ3v) is 3.85. The molecule has 1 aliphatic heterocycles. The lowest BCUT2D eigenvalue weighted by atomic mass is 10.0. The van der Waals surface area contributed by atoms with Crippen LogP contribution in [0.5, 0.6) is 0 Å². The maximum Gasteiger partial charge on any atom is 0.252 e. The number of nitrogens with zero attached hydrogens (tertiary/aromatic N) is 2. The lowest BCUT2D eigenvalue weighted by Crippen LogP contribution is -2.58. The normalized spacial score (nSPS) is 28.8. The van der Waals surface area contributed by atoms with Gasteiger partial charge in [0, 0.05) is 19.0 Å². The molecule has 1 aromatic rings. The highest BCUT2D eigenvalue weighted by molar-refractivity contribution is 5.14. The number of nitrogens with one attached hydrogen (secondary N) is 1. The van der Waals surface area contributed by atoms with E-state index >= 15 is 0 Å². The first kappa shape index (κ1) is 11.2. The topological polar surface area (TPSA) is 60.2 Å². The van der Waals surface area contributed by atoms with Crippen molar-refractivity contribution < 1.29 is 9.26 Å². The Morgan fingerprint density at radius 3 is 2.65 bits per heavy atom. The highest BCUT2D eigenvalue weighted by Gasteiger charge is 2.49. The summed E-state index contributed by atoms with van der Waals surface area (Å²) in [5.74, 6) is 1.89. The molecule has 0 amide bonds. The van der Waals surface area contributed by atoms with Crippen molar-refractivity contribution in [1.29, 1.82) is 0 Å². The number of hydrogen-bond donors (Lipinski definition) is 1. The van der Waals surface area contributed by atoms with Crippen LogP contribution in [-0.4, -0.2) is 28.8 Å². The van der Waals surface area contributed by atoms with Crippen LogP contribution in [0.2, 0.25) is 0 Å². The molecule has 1 saturated carbocycles. The van der Waals surface area contributed by atoms with Gasteiger partial charge in [-0.15, -0.1) is 0 Å². The van der Waals surface area contributed by atoms with E-state index < -0.39 is 0 Å². The van der Waals surface area contributed by atoms with Crippen LogP contribution in [0.3, 0.4) is 0 Å². The summed E-state index contributed by atoms with van der Waals surface area (Å²) < 4.78 is 11.0. The summed E-state index contributed by atoms with van der Waals surface area (Å²) in [6.07, 6.45) is 1.15. The van der Waals surface area contributed by atoms with E-state index in [4.69, 9.17) is 9.26 Å². The molecule has 0 aromatic carbocycles. The van der Waals surface area contributed by atoms with E-state index in [1.54, 1.807) is 0 Å². The van der Waals surface area contributed by atoms with Gasteiger partial charge < -0.3 is 14.6 Å². The van der Waals surface area contributed by atoms with Gasteiger partial charge in [0.25, 0.3) is 5.89 Å². The van der Waals surface area contributed by atoms with Crippen LogP contribution in [0.15, 0.2) is 4.52 Å². The van der Waals surface area contributed by atoms with Crippen molar-refractivity contribution in [3.63, 3.8) is 0 Å². The molecule has 5 nitrogen and oxygen atoms in total. The van der Waals surface area contributed by atoms with Crippen LogP contribution in [0.4, 0.5) is 0 Å². The summed E-state index contributed by atoms with van der Waals surface area (Å²) >= 11 is 0. The van der Waals surface area contributed by atoms with Gasteiger partial charge in [0.05, 0.1) is 5.60 Å². The van der Waals surface area contributed by atoms with Gasteiger partial charge in [-0.3, -0.25) is 0 Å². The lowest BCUT2D eigenvalue weighted by Gasteiger charge is -2.38. The Hall–Kier alpha value is -0.940. The van der Waals surface area contributed by atoms with Crippen LogP contribution in [0, 0.1) is 5.41 Å². The molecule has 1 saturated heterocycles. The quantitative estimate of drug-likeness (QED) is 0.859. The first-order chi connectivity index (χ1) is 7.99. The fourth-order valence-corrected chi connectivity index (χ4v) is 2.19. The molecule has 3 rings (SSSR count). The monoisotopic (exact) mass is 237 g/mol. The molecule has 0 bridgehead atoms. The molecule has 2 heterocycles. The second-order valence-corrected chi connectivity index (χ2v) is 6.13. The van der Waals surface area contributed by atoms with E-state index in [1.165, 1.54) is 0 Å². The average Bonchev–Trinajstić information content (AvgIpc) is 2.69. The minimum absolute atomic E-state index is 0.0620. The number of rotatable bonds is 4. The number of aromatic nitrogens is 2. The first-order valence-corrected chi connectivity index (χ1v) is 6.16. The van der Waals surface area contributed by atoms with E-state index in [0.29, 0.717) is 23.8 Å². The summed E-state index contributed by atoms with van der Waals surface area (Å²) in [5.41, 5.74) is 0.277. The molecule has 1 N–H and O–H groups in total. The molecule has 1 unspecified atom stereocenters. The molecular weight excluding hydrogens is 218 g/mol. The summed E-state index contributed by atoms with van der Waals surface area (Å²) in [4.78, 5) is 4.41. The second-order valence-electron chi connectivity index (χ2n) is 6.13. The first-order valence-electron chi connectivity index (χ1n) is 6.16. The fraction of sp³-hybridized carbons (Fsp3) is 0.833. The van der Waals surface area contributed by atoms with Gasteiger partial charge >= 0.3 is 0 Å². The molecule has 0 radical (unpaired) electrons. The second kappa shape index (κ2) is 3.53. The maximum absolute atomic E-state index is 5.76. The van der Waals surface area contributed by atoms with Crippen LogP contribution < -0.4 is 5.32 Å². The Labute approximate surface area is 101 Å². The van der Waals surface area contributed by atoms with E-state index in [-0.39, 0.29) is 5.60 Å². The Morgan fingerprint density at radius 1 is 1.41 bits per heavy atom. The molecule has 1 aromatic heterocycles. The predicted molar refractivity (Wildman–Crippen MR) is 61.5 cm³/mol. The van der Waals surface area contributed by atoms with Crippen molar-refractivity contribution in [2.45, 2.75) is 45.3 Å². The van der Waals surface area contributed by atoms with Crippen molar-refractivity contribution in [2.75, 3.05) is 13.1 Å². The van der Waals surface area contributed by atoms with Crippen LogP contribution in [-0.2, 0) is 11.3 Å². The third-order valence-electron chi connectivity index (χ3n) is 3.85. The van der Waals surface area contributed by atoms with Gasteiger partial charge in [-0.25, -0.2) is 0 Å². The summed E-state index contributed by atoms with van der Waals surface area (Å²) in [6.45, 7) is 8.74. The highest BCUT2D eigenvalue weighted by Crippen LogP contribution is 2.57. The number of hydrogen-bond acceptors (Lipinski definition) is 5. The fourth-order valence-electron chi connectivity index (χ4n) is 2.19. The van der Waals surface area contributed by atoms with Gasteiger partial charge in [-0.1, -0.05) is 19.0 Å². The van der Waals surface area contributed by atoms with E-state index in [2.05, 4.69) is 36.2 Å². The minimum Gasteiger partial charge on any atom is -0.363 e. The summed E-state index contributed by atoms with van der Waals surface area (Å²) in [5, 5.41) is 7.23. The average molecular weight is 237 g/mol. The van der Waals surface area contributed by atoms with E-state index in [1.807, 2.05) is 0 Å². The van der Waals surface area contributed by atoms with Crippen molar-refractivity contribution >= 4 is 0 Å². The molecule has 5 heteroatoms. The Morgan fingerprint density at radius 2 is 2.12 bits per heavy atom. The molecular formula is C12H19N3O2. The van der Waals surface area contributed by atoms with Gasteiger partial charge in [0.2, 0.25) is 0 Å². The van der Waals surface area contributed by atoms with Crippen LogP contribution >= 0.6 is 0 Å². The van der Waals surface area contributed by atoms with Gasteiger partial charge in [0.15, 0.2) is 5.82 Å². The lowest BCUT2D eigenvalue weighted by molar-refractivity contribution is -0.0841. The van der Waals surface area contributed by atoms with Gasteiger partial charge in [-0.2, -0.15) is 4.98 Å². The third kappa shape index (κ3) is 2.09. The SMILES string of the molecule is CC1(OCc2nc(C3CC3(C)C)no2)CNC1. The van der Waals surface area contributed by atoms with Crippen molar-refractivity contribution in [3.05, 3.63) is 11.7 Å². The van der Waals surface area contributed by atoms with Crippen molar-refractivity contribution in [3.8, 4) is 0 Å². The zero-order valence-electron chi connectivity index (χ0n) is 10.6. The molecule has 2 aliphatic rings. The largest absolute Gasteiger partial charge is 0.363 e. The molecule has 94 valence electrons. The predicted octanol–water partition coefficient (Wildman–Crippen LogP) is 1.46. The van der Waals surface area contributed by atoms with Gasteiger partial charge in [0.1, 0.15) is 6.61 Å². The molecule has 1 atom stereocenters. The van der Waals surface area contributed by atoms with Crippen molar-refractivity contribution in [1.82, 2.24) is 15.5 Å². The smallest absolute Gasteiger partial charge is 0.252 e. The Kier molecular flexibility index (Phi) is 2.32. The van der Waals surface area contributed by atoms with E-state index in [9.17, 15) is 0 Å². The summed E-state index contributed by atoms with van der Waals surface area (Å²) in [6, 6.07) is 0. The highest BCUT2D eigenvalue weighted by atomic mass is 16.5. The van der Waals surface area contributed by atoms with Crippen molar-refractivity contribution in [2.24, 2.45) is 5.41 Å². The standard InChI is InChI=1S/C12H19N3O2/c1-11(2)4-8(11)10-14-9(17-15-10)5-16-12(3)6-13-7-12/h8,13H,4-7H2,1-3H3. The van der Waals surface area contributed by atoms with E-state index in [0.717, 1.165) is 25.3 Å². The van der Waals surface area contributed by atoms with Gasteiger partial charge in [-0.05, 0) is 18.8 Å². The zero-order valence-corrected chi connectivity index (χ0v) is 10.6. The number of ether oxygens (including phenoxy) is 1. The molecule has 1 aliphatic carbocycles.